The summed E-state index contributed by atoms with van der Waals surface area (Å²) in [5, 5.41) is 0.805. The van der Waals surface area contributed by atoms with Crippen LogP contribution in [0.1, 0.15) is 59.4 Å². The number of nitrogens with zero attached hydrogens (tertiary/aromatic N) is 2. The molecule has 0 radical (unpaired) electrons. The number of hydrogen-bond acceptors (Lipinski definition) is 5. The lowest BCUT2D eigenvalue weighted by Gasteiger charge is -2.34. The van der Waals surface area contributed by atoms with E-state index in [1.165, 1.54) is 22.3 Å². The van der Waals surface area contributed by atoms with Crippen molar-refractivity contribution in [1.29, 1.82) is 0 Å². The van der Waals surface area contributed by atoms with Crippen molar-refractivity contribution in [3.05, 3.63) is 75.4 Å². The van der Waals surface area contributed by atoms with Gasteiger partial charge in [0.05, 0.1) is 6.61 Å². The van der Waals surface area contributed by atoms with E-state index in [2.05, 4.69) is 60.3 Å². The molecular formula is C28H39ClN4O. The first-order valence-corrected chi connectivity index (χ1v) is 12.7. The first-order valence-electron chi connectivity index (χ1n) is 12.3. The number of halogens is 1. The standard InChI is InChI=1S/C28H39ClN4O/c1-21-14-25(29)16-26-27(21)19-33(2)20-28(26)23-9-7-8-22(15-23)24(17-31)18-32-11-5-3-4-6-12-34-13-10-30/h7-9,14-18,28H,3-6,10-13,19-20,30-31H2,1-2H3/t28-/m0/s1. The van der Waals surface area contributed by atoms with Gasteiger partial charge in [-0.25, -0.2) is 0 Å². The topological polar surface area (TPSA) is 76.9 Å². The molecule has 5 nitrogen and oxygen atoms in total. The highest BCUT2D eigenvalue weighted by Crippen LogP contribution is 2.37. The lowest BCUT2D eigenvalue weighted by Crippen LogP contribution is -2.31. The second-order valence-electron chi connectivity index (χ2n) is 9.14. The molecule has 2 aromatic rings. The van der Waals surface area contributed by atoms with Gasteiger partial charge in [-0.1, -0.05) is 48.7 Å². The normalized spacial score (nSPS) is 16.8. The highest BCUT2D eigenvalue weighted by molar-refractivity contribution is 6.30. The molecule has 1 aliphatic heterocycles. The van der Waals surface area contributed by atoms with Gasteiger partial charge >= 0.3 is 0 Å². The summed E-state index contributed by atoms with van der Waals surface area (Å²) < 4.78 is 5.41. The number of allylic oxidation sites excluding steroid dienone is 1. The van der Waals surface area contributed by atoms with Gasteiger partial charge in [0.25, 0.3) is 0 Å². The fourth-order valence-electron chi connectivity index (χ4n) is 4.61. The van der Waals surface area contributed by atoms with Crippen LogP contribution in [0.15, 0.2) is 47.6 Å². The lowest BCUT2D eigenvalue weighted by atomic mass is 9.82. The van der Waals surface area contributed by atoms with Crippen molar-refractivity contribution in [3.8, 4) is 0 Å². The average Bonchev–Trinajstić information content (AvgIpc) is 2.83. The summed E-state index contributed by atoms with van der Waals surface area (Å²) in [6, 6.07) is 12.9. The molecule has 0 aromatic heterocycles. The number of likely N-dealkylation sites (N-methyl/N-ethyl adjacent to an activating group) is 1. The second-order valence-corrected chi connectivity index (χ2v) is 9.57. The molecule has 34 heavy (non-hydrogen) atoms. The predicted octanol–water partition coefficient (Wildman–Crippen LogP) is 5.13. The van der Waals surface area contributed by atoms with Gasteiger partial charge in [-0.05, 0) is 66.8 Å². The molecule has 0 saturated carbocycles. The van der Waals surface area contributed by atoms with Gasteiger partial charge in [-0.15, -0.1) is 0 Å². The SMILES string of the molecule is Cc1cc(Cl)cc2c1CN(C)C[C@H]2c1cccc(C(C=NCCCCCCOCCN)=CN)c1. The summed E-state index contributed by atoms with van der Waals surface area (Å²) in [5.41, 5.74) is 18.7. The highest BCUT2D eigenvalue weighted by atomic mass is 35.5. The van der Waals surface area contributed by atoms with Gasteiger partial charge in [-0.2, -0.15) is 0 Å². The van der Waals surface area contributed by atoms with Crippen LogP contribution in [-0.2, 0) is 11.3 Å². The first-order chi connectivity index (χ1) is 16.5. The number of unbranched alkanes of at least 4 members (excludes halogenated alkanes) is 3. The number of ether oxygens (including phenoxy) is 1. The van der Waals surface area contributed by atoms with Crippen LogP contribution in [-0.4, -0.2) is 51.0 Å². The molecule has 0 unspecified atom stereocenters. The smallest absolute Gasteiger partial charge is 0.0588 e. The van der Waals surface area contributed by atoms with E-state index in [9.17, 15) is 0 Å². The van der Waals surface area contributed by atoms with Crippen molar-refractivity contribution in [2.75, 3.05) is 39.9 Å². The maximum atomic E-state index is 6.44. The number of aliphatic imine (C=N–C) groups is 1. The van der Waals surface area contributed by atoms with Crippen LogP contribution in [0.25, 0.3) is 5.57 Å². The quantitative estimate of drug-likeness (QED) is 0.324. The van der Waals surface area contributed by atoms with E-state index < -0.39 is 0 Å². The van der Waals surface area contributed by atoms with Crippen molar-refractivity contribution in [3.63, 3.8) is 0 Å². The number of rotatable bonds is 12. The van der Waals surface area contributed by atoms with E-state index in [-0.39, 0.29) is 5.92 Å². The minimum atomic E-state index is 0.274. The van der Waals surface area contributed by atoms with Gasteiger partial charge in [-0.3, -0.25) is 4.99 Å². The molecule has 2 aromatic carbocycles. The predicted molar refractivity (Wildman–Crippen MR) is 145 cm³/mol. The van der Waals surface area contributed by atoms with E-state index in [1.807, 2.05) is 6.21 Å². The average molecular weight is 483 g/mol. The Hall–Kier alpha value is -2.18. The highest BCUT2D eigenvalue weighted by Gasteiger charge is 2.26. The van der Waals surface area contributed by atoms with E-state index in [0.29, 0.717) is 13.2 Å². The van der Waals surface area contributed by atoms with Crippen molar-refractivity contribution in [1.82, 2.24) is 4.90 Å². The fourth-order valence-corrected chi connectivity index (χ4v) is 4.89. The zero-order valence-corrected chi connectivity index (χ0v) is 21.4. The minimum Gasteiger partial charge on any atom is -0.404 e. The summed E-state index contributed by atoms with van der Waals surface area (Å²) in [7, 11) is 2.18. The van der Waals surface area contributed by atoms with Crippen LogP contribution >= 0.6 is 11.6 Å². The number of aryl methyl sites for hydroxylation is 1. The first kappa shape index (κ1) is 26.4. The third-order valence-corrected chi connectivity index (χ3v) is 6.61. The zero-order valence-electron chi connectivity index (χ0n) is 20.6. The van der Waals surface area contributed by atoms with Crippen molar-refractivity contribution in [2.45, 2.75) is 45.1 Å². The van der Waals surface area contributed by atoms with Crippen LogP contribution < -0.4 is 11.5 Å². The van der Waals surface area contributed by atoms with Crippen molar-refractivity contribution >= 4 is 23.4 Å². The Morgan fingerprint density at radius 3 is 2.79 bits per heavy atom. The molecule has 3 rings (SSSR count). The minimum absolute atomic E-state index is 0.274. The number of hydrogen-bond donors (Lipinski definition) is 2. The zero-order chi connectivity index (χ0) is 24.3. The van der Waals surface area contributed by atoms with Gasteiger partial charge in [0.2, 0.25) is 0 Å². The van der Waals surface area contributed by atoms with E-state index in [0.717, 1.165) is 68.1 Å². The Balaban J connectivity index is 1.63. The van der Waals surface area contributed by atoms with Gasteiger partial charge in [0.1, 0.15) is 0 Å². The van der Waals surface area contributed by atoms with Crippen LogP contribution in [0.2, 0.25) is 5.02 Å². The monoisotopic (exact) mass is 482 g/mol. The molecule has 6 heteroatoms. The Morgan fingerprint density at radius 1 is 1.18 bits per heavy atom. The third-order valence-electron chi connectivity index (χ3n) is 6.39. The van der Waals surface area contributed by atoms with Gasteiger partial charge in [0, 0.05) is 61.7 Å². The Morgan fingerprint density at radius 2 is 2.00 bits per heavy atom. The molecule has 1 atom stereocenters. The largest absolute Gasteiger partial charge is 0.404 e. The molecule has 1 heterocycles. The molecule has 0 amide bonds. The Kier molecular flexibility index (Phi) is 10.6. The van der Waals surface area contributed by atoms with E-state index in [4.69, 9.17) is 27.8 Å². The van der Waals surface area contributed by atoms with Crippen LogP contribution in [0, 0.1) is 6.92 Å². The van der Waals surface area contributed by atoms with Crippen LogP contribution in [0.5, 0.6) is 0 Å². The number of nitrogens with two attached hydrogens (primary N) is 2. The second kappa shape index (κ2) is 13.6. The lowest BCUT2D eigenvalue weighted by molar-refractivity contribution is 0.137. The number of benzene rings is 2. The summed E-state index contributed by atoms with van der Waals surface area (Å²) in [4.78, 5) is 7.01. The van der Waals surface area contributed by atoms with E-state index in [1.54, 1.807) is 6.20 Å². The molecule has 0 spiro atoms. The van der Waals surface area contributed by atoms with Crippen molar-refractivity contribution in [2.24, 2.45) is 16.5 Å². The van der Waals surface area contributed by atoms with Crippen molar-refractivity contribution < 1.29 is 4.74 Å². The molecule has 0 saturated heterocycles. The molecule has 0 bridgehead atoms. The summed E-state index contributed by atoms with van der Waals surface area (Å²) in [5.74, 6) is 0.274. The molecule has 184 valence electrons. The maximum Gasteiger partial charge on any atom is 0.0588 e. The van der Waals surface area contributed by atoms with Crippen LogP contribution in [0.4, 0.5) is 0 Å². The fraction of sp³-hybridized carbons (Fsp3) is 0.464. The third kappa shape index (κ3) is 7.41. The van der Waals surface area contributed by atoms with Gasteiger partial charge < -0.3 is 21.1 Å². The maximum absolute atomic E-state index is 6.44. The van der Waals surface area contributed by atoms with Gasteiger partial charge in [0.15, 0.2) is 0 Å². The summed E-state index contributed by atoms with van der Waals surface area (Å²) in [6.45, 7) is 6.91. The molecule has 0 aliphatic carbocycles. The molecule has 0 fully saturated rings. The summed E-state index contributed by atoms with van der Waals surface area (Å²) >= 11 is 6.44. The molecule has 1 aliphatic rings. The molecule has 4 N–H and O–H groups in total. The Bertz CT molecular complexity index is 988. The molecular weight excluding hydrogens is 444 g/mol. The van der Waals surface area contributed by atoms with E-state index >= 15 is 0 Å². The number of fused-ring (bicyclic) bond motifs is 1. The Labute approximate surface area is 209 Å². The van der Waals surface area contributed by atoms with Crippen LogP contribution in [0.3, 0.4) is 0 Å². The summed E-state index contributed by atoms with van der Waals surface area (Å²) in [6.07, 6.45) is 8.01.